The van der Waals surface area contributed by atoms with E-state index in [0.29, 0.717) is 10.4 Å². The van der Waals surface area contributed by atoms with Crippen LogP contribution in [0.3, 0.4) is 0 Å². The molecule has 1 aliphatic carbocycles. The van der Waals surface area contributed by atoms with E-state index < -0.39 is 35.4 Å². The summed E-state index contributed by atoms with van der Waals surface area (Å²) in [5.41, 5.74) is 6.09. The molecule has 11 heteroatoms. The van der Waals surface area contributed by atoms with Crippen LogP contribution in [-0.4, -0.2) is 40.7 Å². The zero-order valence-corrected chi connectivity index (χ0v) is 16.0. The number of nitrogens with one attached hydrogen (secondary N) is 1. The van der Waals surface area contributed by atoms with E-state index in [4.69, 9.17) is 10.5 Å². The fraction of sp³-hybridized carbons (Fsp3) is 0.500. The standard InChI is InChI=1S/C16H17F2N3O4S2/c1-2-25-14(24)11-7-3-4-16(17,18)6-9(7)26-13(11)20-10(22)5-8-12(23)21-15(19)27-8/h8H,2-6H2,1H3,(H,20,22)(H2,19,21,23). The lowest BCUT2D eigenvalue weighted by Crippen LogP contribution is -2.26. The molecule has 1 aromatic rings. The van der Waals surface area contributed by atoms with Crippen LogP contribution in [0, 0.1) is 0 Å². The topological polar surface area (TPSA) is 111 Å². The average molecular weight is 417 g/mol. The van der Waals surface area contributed by atoms with Crippen LogP contribution in [0.15, 0.2) is 4.99 Å². The van der Waals surface area contributed by atoms with Crippen LogP contribution < -0.4 is 11.1 Å². The van der Waals surface area contributed by atoms with Gasteiger partial charge in [0.1, 0.15) is 10.3 Å². The number of halogens is 2. The third kappa shape index (κ3) is 4.29. The summed E-state index contributed by atoms with van der Waals surface area (Å²) in [4.78, 5) is 40.2. The number of hydrogen-bond acceptors (Lipinski definition) is 7. The number of amides is 2. The predicted molar refractivity (Wildman–Crippen MR) is 98.5 cm³/mol. The summed E-state index contributed by atoms with van der Waals surface area (Å²) in [5.74, 6) is -4.52. The van der Waals surface area contributed by atoms with Crippen molar-refractivity contribution in [3.05, 3.63) is 16.0 Å². The van der Waals surface area contributed by atoms with E-state index in [9.17, 15) is 23.2 Å². The molecule has 2 amide bonds. The van der Waals surface area contributed by atoms with Crippen LogP contribution in [0.1, 0.15) is 40.6 Å². The second-order valence-electron chi connectivity index (χ2n) is 6.11. The van der Waals surface area contributed by atoms with Crippen molar-refractivity contribution in [3.63, 3.8) is 0 Å². The van der Waals surface area contributed by atoms with Crippen molar-refractivity contribution in [2.45, 2.75) is 43.8 Å². The molecule has 7 nitrogen and oxygen atoms in total. The Morgan fingerprint density at radius 1 is 1.44 bits per heavy atom. The molecular formula is C16H17F2N3O4S2. The van der Waals surface area contributed by atoms with Gasteiger partial charge < -0.3 is 15.8 Å². The summed E-state index contributed by atoms with van der Waals surface area (Å²) in [6.45, 7) is 1.76. The highest BCUT2D eigenvalue weighted by Crippen LogP contribution is 2.43. The van der Waals surface area contributed by atoms with Crippen molar-refractivity contribution in [3.8, 4) is 0 Å². The minimum atomic E-state index is -2.84. The Balaban J connectivity index is 1.82. The first-order valence-corrected chi connectivity index (χ1v) is 9.94. The minimum Gasteiger partial charge on any atom is -0.462 e. The molecule has 146 valence electrons. The number of esters is 1. The van der Waals surface area contributed by atoms with Crippen LogP contribution in [0.5, 0.6) is 0 Å². The predicted octanol–water partition coefficient (Wildman–Crippen LogP) is 2.33. The first kappa shape index (κ1) is 19.7. The molecule has 0 fully saturated rings. The number of alkyl halides is 2. The van der Waals surface area contributed by atoms with Gasteiger partial charge in [-0.3, -0.25) is 9.59 Å². The molecule has 1 unspecified atom stereocenters. The van der Waals surface area contributed by atoms with Gasteiger partial charge in [0.2, 0.25) is 5.91 Å². The molecular weight excluding hydrogens is 400 g/mol. The van der Waals surface area contributed by atoms with E-state index in [1.54, 1.807) is 6.92 Å². The number of nitrogens with zero attached hydrogens (tertiary/aromatic N) is 1. The minimum absolute atomic E-state index is 0.0319. The van der Waals surface area contributed by atoms with Crippen LogP contribution in [-0.2, 0) is 27.2 Å². The van der Waals surface area contributed by atoms with Crippen molar-refractivity contribution < 1.29 is 27.9 Å². The van der Waals surface area contributed by atoms with E-state index in [1.165, 1.54) is 0 Å². The van der Waals surface area contributed by atoms with Crippen molar-refractivity contribution in [2.24, 2.45) is 10.7 Å². The molecule has 0 radical (unpaired) electrons. The molecule has 0 aromatic carbocycles. The van der Waals surface area contributed by atoms with Crippen molar-refractivity contribution in [1.82, 2.24) is 0 Å². The number of carbonyl (C=O) groups excluding carboxylic acids is 3. The summed E-state index contributed by atoms with van der Waals surface area (Å²) in [5, 5.41) is 2.11. The lowest BCUT2D eigenvalue weighted by Gasteiger charge is -2.21. The van der Waals surface area contributed by atoms with Crippen molar-refractivity contribution in [2.75, 3.05) is 11.9 Å². The fourth-order valence-electron chi connectivity index (χ4n) is 2.94. The van der Waals surface area contributed by atoms with E-state index >= 15 is 0 Å². The van der Waals surface area contributed by atoms with E-state index in [-0.39, 0.29) is 41.6 Å². The Bertz CT molecular complexity index is 838. The summed E-state index contributed by atoms with van der Waals surface area (Å²) in [6, 6.07) is 0. The number of rotatable bonds is 5. The molecule has 1 atom stereocenters. The number of thiophene rings is 1. The maximum Gasteiger partial charge on any atom is 0.341 e. The fourth-order valence-corrected chi connectivity index (χ4v) is 5.09. The molecule has 3 N–H and O–H groups in total. The van der Waals surface area contributed by atoms with Crippen LogP contribution >= 0.6 is 23.1 Å². The van der Waals surface area contributed by atoms with Crippen molar-refractivity contribution in [1.29, 1.82) is 0 Å². The van der Waals surface area contributed by atoms with Gasteiger partial charge in [0.25, 0.3) is 11.8 Å². The van der Waals surface area contributed by atoms with Gasteiger partial charge in [-0.2, -0.15) is 4.99 Å². The molecule has 0 bridgehead atoms. The molecule has 27 heavy (non-hydrogen) atoms. The molecule has 0 saturated heterocycles. The number of fused-ring (bicyclic) bond motifs is 1. The molecule has 1 aliphatic heterocycles. The van der Waals surface area contributed by atoms with Gasteiger partial charge in [0, 0.05) is 24.1 Å². The number of carbonyl (C=O) groups is 3. The van der Waals surface area contributed by atoms with Gasteiger partial charge in [-0.1, -0.05) is 11.8 Å². The molecule has 0 spiro atoms. The van der Waals surface area contributed by atoms with Crippen LogP contribution in [0.4, 0.5) is 13.8 Å². The first-order chi connectivity index (χ1) is 12.7. The highest BCUT2D eigenvalue weighted by Gasteiger charge is 2.39. The Morgan fingerprint density at radius 2 is 2.19 bits per heavy atom. The Kier molecular flexibility index (Phi) is 5.52. The zero-order valence-electron chi connectivity index (χ0n) is 14.3. The third-order valence-electron chi connectivity index (χ3n) is 4.11. The van der Waals surface area contributed by atoms with Crippen molar-refractivity contribution >= 4 is 51.1 Å². The van der Waals surface area contributed by atoms with E-state index in [2.05, 4.69) is 10.3 Å². The second kappa shape index (κ2) is 7.55. The number of anilines is 1. The number of thioether (sulfide) groups is 1. The molecule has 2 aliphatic rings. The maximum atomic E-state index is 13.7. The smallest absolute Gasteiger partial charge is 0.341 e. The lowest BCUT2D eigenvalue weighted by atomic mass is 9.93. The summed E-state index contributed by atoms with van der Waals surface area (Å²) >= 11 is 1.94. The highest BCUT2D eigenvalue weighted by molar-refractivity contribution is 8.15. The largest absolute Gasteiger partial charge is 0.462 e. The molecule has 2 heterocycles. The third-order valence-corrected chi connectivity index (χ3v) is 6.25. The van der Waals surface area contributed by atoms with Gasteiger partial charge >= 0.3 is 5.97 Å². The number of amidine groups is 1. The normalized spacial score (nSPS) is 20.8. The Labute approximate surface area is 161 Å². The number of nitrogens with two attached hydrogens (primary N) is 1. The lowest BCUT2D eigenvalue weighted by molar-refractivity contribution is -0.121. The summed E-state index contributed by atoms with van der Waals surface area (Å²) in [7, 11) is 0. The van der Waals surface area contributed by atoms with Gasteiger partial charge in [0.15, 0.2) is 5.17 Å². The maximum absolute atomic E-state index is 13.7. The number of aliphatic imine (C=N–C) groups is 1. The molecule has 0 saturated carbocycles. The highest BCUT2D eigenvalue weighted by atomic mass is 32.2. The van der Waals surface area contributed by atoms with Gasteiger partial charge in [0.05, 0.1) is 12.2 Å². The Hall–Kier alpha value is -2.01. The van der Waals surface area contributed by atoms with E-state index in [1.807, 2.05) is 0 Å². The number of ether oxygens (including phenoxy) is 1. The zero-order chi connectivity index (χ0) is 19.8. The molecule has 1 aromatic heterocycles. The van der Waals surface area contributed by atoms with E-state index in [0.717, 1.165) is 23.1 Å². The first-order valence-electron chi connectivity index (χ1n) is 8.24. The summed E-state index contributed by atoms with van der Waals surface area (Å²) in [6.07, 6.45) is -0.990. The van der Waals surface area contributed by atoms with Crippen LogP contribution in [0.2, 0.25) is 0 Å². The summed E-state index contributed by atoms with van der Waals surface area (Å²) < 4.78 is 32.5. The van der Waals surface area contributed by atoms with Gasteiger partial charge in [-0.25, -0.2) is 13.6 Å². The number of hydrogen-bond donors (Lipinski definition) is 2. The average Bonchev–Trinajstić information content (AvgIpc) is 3.05. The SMILES string of the molecule is CCOC(=O)c1c(NC(=O)CC2SC(N)=NC2=O)sc2c1CCC(F)(F)C2. The monoisotopic (exact) mass is 417 g/mol. The Morgan fingerprint density at radius 3 is 2.81 bits per heavy atom. The van der Waals surface area contributed by atoms with Crippen LogP contribution in [0.25, 0.3) is 0 Å². The van der Waals surface area contributed by atoms with Gasteiger partial charge in [-0.15, -0.1) is 11.3 Å². The van der Waals surface area contributed by atoms with Gasteiger partial charge in [-0.05, 0) is 18.9 Å². The quantitative estimate of drug-likeness (QED) is 0.712. The molecule has 3 rings (SSSR count). The second-order valence-corrected chi connectivity index (χ2v) is 8.44.